The van der Waals surface area contributed by atoms with E-state index < -0.39 is 21.5 Å². The summed E-state index contributed by atoms with van der Waals surface area (Å²) in [5.74, 6) is -1.18. The van der Waals surface area contributed by atoms with Crippen LogP contribution in [0.1, 0.15) is 29.7 Å². The first-order valence-electron chi connectivity index (χ1n) is 10.2. The number of hydrogen-bond donors (Lipinski definition) is 1. The second-order valence-electron chi connectivity index (χ2n) is 7.62. The monoisotopic (exact) mass is 543 g/mol. The predicted octanol–water partition coefficient (Wildman–Crippen LogP) is 5.26. The Labute approximate surface area is 211 Å². The Morgan fingerprint density at radius 2 is 2.00 bits per heavy atom. The zero-order valence-corrected chi connectivity index (χ0v) is 21.3. The van der Waals surface area contributed by atoms with Crippen molar-refractivity contribution in [1.82, 2.24) is 15.1 Å². The van der Waals surface area contributed by atoms with E-state index in [-0.39, 0.29) is 10.8 Å². The fraction of sp³-hybridized carbons (Fsp3) is 0.273. The van der Waals surface area contributed by atoms with Gasteiger partial charge < -0.3 is 5.32 Å². The molecule has 1 amide bonds. The summed E-state index contributed by atoms with van der Waals surface area (Å²) in [4.78, 5) is 12.3. The molecule has 0 aliphatic heterocycles. The lowest BCUT2D eigenvalue weighted by Gasteiger charge is -2.18. The Balaban J connectivity index is 1.45. The molecule has 0 saturated carbocycles. The number of carbonyl (C=O) groups excluding carboxylic acids is 1. The highest BCUT2D eigenvalue weighted by Gasteiger charge is 2.22. The first-order valence-corrected chi connectivity index (χ1v) is 13.8. The SMILES string of the molecule is O=C(CS(=O)(=O)c1ccc(Cl)s1)NC/C=C1\CCCc2cnn(Cc3ccc(Cl)cc3Cl)c21. The van der Waals surface area contributed by atoms with Crippen LogP contribution >= 0.6 is 46.1 Å². The molecule has 0 spiro atoms. The maximum atomic E-state index is 12.4. The highest BCUT2D eigenvalue weighted by atomic mass is 35.5. The van der Waals surface area contributed by atoms with Gasteiger partial charge in [-0.1, -0.05) is 46.9 Å². The number of thiophene rings is 1. The van der Waals surface area contributed by atoms with E-state index in [0.717, 1.165) is 53.0 Å². The molecule has 174 valence electrons. The van der Waals surface area contributed by atoms with Crippen molar-refractivity contribution in [2.45, 2.75) is 30.0 Å². The van der Waals surface area contributed by atoms with Gasteiger partial charge in [-0.05, 0) is 60.2 Å². The number of amides is 1. The van der Waals surface area contributed by atoms with Crippen LogP contribution in [0.15, 0.2) is 46.8 Å². The summed E-state index contributed by atoms with van der Waals surface area (Å²) >= 11 is 19.1. The molecule has 0 unspecified atom stereocenters. The minimum absolute atomic E-state index is 0.0858. The molecule has 2 heterocycles. The Morgan fingerprint density at radius 1 is 1.18 bits per heavy atom. The second kappa shape index (κ2) is 10.2. The van der Waals surface area contributed by atoms with E-state index in [2.05, 4.69) is 10.4 Å². The molecule has 6 nitrogen and oxygen atoms in total. The molecule has 11 heteroatoms. The van der Waals surface area contributed by atoms with Gasteiger partial charge in [0.05, 0.1) is 22.8 Å². The molecule has 3 aromatic rings. The summed E-state index contributed by atoms with van der Waals surface area (Å²) < 4.78 is 27.1. The van der Waals surface area contributed by atoms with Crippen LogP contribution in [-0.4, -0.2) is 36.4 Å². The zero-order chi connectivity index (χ0) is 23.6. The van der Waals surface area contributed by atoms with Crippen molar-refractivity contribution in [2.24, 2.45) is 0 Å². The molecule has 0 bridgehead atoms. The van der Waals surface area contributed by atoms with Gasteiger partial charge in [-0.2, -0.15) is 5.10 Å². The van der Waals surface area contributed by atoms with Crippen molar-refractivity contribution in [3.63, 3.8) is 0 Å². The summed E-state index contributed by atoms with van der Waals surface area (Å²) in [5, 5.41) is 8.38. The van der Waals surface area contributed by atoms with E-state index in [0.29, 0.717) is 20.9 Å². The highest BCUT2D eigenvalue weighted by Crippen LogP contribution is 2.32. The van der Waals surface area contributed by atoms with Crippen LogP contribution in [-0.2, 0) is 27.6 Å². The van der Waals surface area contributed by atoms with Crippen LogP contribution in [0.25, 0.3) is 5.57 Å². The van der Waals surface area contributed by atoms with Gasteiger partial charge in [0.1, 0.15) is 9.96 Å². The fourth-order valence-corrected chi connectivity index (χ4v) is 6.95. The number of carbonyl (C=O) groups is 1. The Kier molecular flexibility index (Phi) is 7.50. The first-order chi connectivity index (χ1) is 15.7. The topological polar surface area (TPSA) is 81.1 Å². The van der Waals surface area contributed by atoms with Crippen LogP contribution in [0, 0.1) is 0 Å². The quantitative estimate of drug-likeness (QED) is 0.440. The van der Waals surface area contributed by atoms with E-state index in [9.17, 15) is 13.2 Å². The van der Waals surface area contributed by atoms with Gasteiger partial charge in [0.25, 0.3) is 0 Å². The smallest absolute Gasteiger partial charge is 0.235 e. The molecule has 0 radical (unpaired) electrons. The number of halogens is 3. The van der Waals surface area contributed by atoms with Gasteiger partial charge in [0.2, 0.25) is 5.91 Å². The van der Waals surface area contributed by atoms with Gasteiger partial charge in [-0.3, -0.25) is 9.48 Å². The first kappa shape index (κ1) is 24.3. The number of aromatic nitrogens is 2. The molecule has 0 fully saturated rings. The van der Waals surface area contributed by atoms with E-state index in [4.69, 9.17) is 34.8 Å². The molecule has 1 aromatic carbocycles. The Bertz CT molecular complexity index is 1330. The molecule has 1 N–H and O–H groups in total. The number of fused-ring (bicyclic) bond motifs is 1. The summed E-state index contributed by atoms with van der Waals surface area (Å²) in [7, 11) is -3.72. The van der Waals surface area contributed by atoms with Crippen LogP contribution < -0.4 is 5.32 Å². The third-order valence-corrected chi connectivity index (χ3v) is 9.29. The lowest BCUT2D eigenvalue weighted by atomic mass is 9.92. The number of nitrogens with one attached hydrogen (secondary N) is 1. The van der Waals surface area contributed by atoms with Gasteiger partial charge >= 0.3 is 0 Å². The van der Waals surface area contributed by atoms with E-state index in [1.807, 2.05) is 23.0 Å². The Morgan fingerprint density at radius 3 is 2.73 bits per heavy atom. The molecule has 0 saturated heterocycles. The van der Waals surface area contributed by atoms with Gasteiger partial charge in [0.15, 0.2) is 9.84 Å². The molecule has 0 atom stereocenters. The summed E-state index contributed by atoms with van der Waals surface area (Å²) in [6, 6.07) is 8.30. The van der Waals surface area contributed by atoms with Crippen molar-refractivity contribution in [1.29, 1.82) is 0 Å². The molecule has 2 aromatic heterocycles. The van der Waals surface area contributed by atoms with Crippen LogP contribution in [0.4, 0.5) is 0 Å². The van der Waals surface area contributed by atoms with Crippen LogP contribution in [0.5, 0.6) is 0 Å². The van der Waals surface area contributed by atoms with Crippen molar-refractivity contribution in [3.8, 4) is 0 Å². The van der Waals surface area contributed by atoms with Crippen molar-refractivity contribution in [2.75, 3.05) is 12.3 Å². The number of nitrogens with zero attached hydrogens (tertiary/aromatic N) is 2. The summed E-state index contributed by atoms with van der Waals surface area (Å²) in [5.41, 5.74) is 4.12. The minimum atomic E-state index is -3.72. The zero-order valence-electron chi connectivity index (χ0n) is 17.4. The largest absolute Gasteiger partial charge is 0.352 e. The molecule has 1 aliphatic rings. The number of rotatable bonds is 7. The molecular formula is C22H20Cl3N3O3S2. The fourth-order valence-electron chi connectivity index (χ4n) is 3.74. The molecule has 33 heavy (non-hydrogen) atoms. The normalized spacial score (nSPS) is 14.9. The lowest BCUT2D eigenvalue weighted by Crippen LogP contribution is -2.30. The maximum Gasteiger partial charge on any atom is 0.235 e. The van der Waals surface area contributed by atoms with Crippen molar-refractivity contribution < 1.29 is 13.2 Å². The minimum Gasteiger partial charge on any atom is -0.352 e. The van der Waals surface area contributed by atoms with E-state index >= 15 is 0 Å². The van der Waals surface area contributed by atoms with Crippen LogP contribution in [0.3, 0.4) is 0 Å². The number of aryl methyl sites for hydroxylation is 1. The van der Waals surface area contributed by atoms with E-state index in [1.54, 1.807) is 12.1 Å². The Hall–Kier alpha value is -1.84. The number of allylic oxidation sites excluding steroid dienone is 1. The number of hydrogen-bond acceptors (Lipinski definition) is 5. The van der Waals surface area contributed by atoms with E-state index in [1.165, 1.54) is 12.1 Å². The predicted molar refractivity (Wildman–Crippen MR) is 133 cm³/mol. The van der Waals surface area contributed by atoms with Gasteiger partial charge in [-0.25, -0.2) is 8.42 Å². The summed E-state index contributed by atoms with van der Waals surface area (Å²) in [6.07, 6.45) is 6.53. The molecular weight excluding hydrogens is 525 g/mol. The van der Waals surface area contributed by atoms with Crippen LogP contribution in [0.2, 0.25) is 14.4 Å². The lowest BCUT2D eigenvalue weighted by molar-refractivity contribution is -0.118. The summed E-state index contributed by atoms with van der Waals surface area (Å²) in [6.45, 7) is 0.720. The highest BCUT2D eigenvalue weighted by molar-refractivity contribution is 7.94. The average Bonchev–Trinajstić information content (AvgIpc) is 3.37. The number of benzene rings is 1. The average molecular weight is 545 g/mol. The third-order valence-electron chi connectivity index (χ3n) is 5.27. The standard InChI is InChI=1S/C22H20Cl3N3O3S2/c23-17-5-4-16(18(24)10-17)12-28-22-14(2-1-3-15(22)11-27-28)8-9-26-20(29)13-33(30,31)21-7-6-19(25)32-21/h4-8,10-11H,1-3,9,12-13H2,(H,26,29)/b14-8+. The number of sulfone groups is 1. The maximum absolute atomic E-state index is 12.4. The third kappa shape index (κ3) is 5.81. The van der Waals surface area contributed by atoms with Crippen molar-refractivity contribution in [3.05, 3.63) is 73.8 Å². The molecule has 4 rings (SSSR count). The van der Waals surface area contributed by atoms with Crippen molar-refractivity contribution >= 4 is 67.5 Å². The van der Waals surface area contributed by atoms with Gasteiger partial charge in [0, 0.05) is 16.6 Å². The molecule has 1 aliphatic carbocycles. The second-order valence-corrected chi connectivity index (χ2v) is 12.4. The van der Waals surface area contributed by atoms with Gasteiger partial charge in [-0.15, -0.1) is 11.3 Å².